The van der Waals surface area contributed by atoms with Gasteiger partial charge in [-0.25, -0.2) is 4.79 Å². The zero-order chi connectivity index (χ0) is 12.5. The summed E-state index contributed by atoms with van der Waals surface area (Å²) in [5.74, 6) is -0.180. The zero-order valence-electron chi connectivity index (χ0n) is 10.2. The Morgan fingerprint density at radius 3 is 2.65 bits per heavy atom. The number of amides is 2. The monoisotopic (exact) mass is 240 g/mol. The van der Waals surface area contributed by atoms with Crippen LogP contribution in [0.3, 0.4) is 0 Å². The van der Waals surface area contributed by atoms with Gasteiger partial charge in [0.1, 0.15) is 0 Å². The number of aliphatic carboxylic acids is 1. The predicted octanol–water partition coefficient (Wildman–Crippen LogP) is 1.29. The molecule has 5 nitrogen and oxygen atoms in total. The third-order valence-corrected chi connectivity index (χ3v) is 4.04. The van der Waals surface area contributed by atoms with Crippen molar-refractivity contribution in [3.8, 4) is 0 Å². The van der Waals surface area contributed by atoms with Gasteiger partial charge in [-0.15, -0.1) is 0 Å². The average molecular weight is 240 g/mol. The lowest BCUT2D eigenvalue weighted by Crippen LogP contribution is -2.42. The van der Waals surface area contributed by atoms with Crippen LogP contribution in [0, 0.1) is 11.3 Å². The Bertz CT molecular complexity index is 326. The minimum absolute atomic E-state index is 0.103. The van der Waals surface area contributed by atoms with E-state index in [0.29, 0.717) is 18.8 Å². The molecule has 0 aromatic heterocycles. The van der Waals surface area contributed by atoms with Gasteiger partial charge in [0.05, 0.1) is 5.41 Å². The second kappa shape index (κ2) is 4.55. The van der Waals surface area contributed by atoms with E-state index in [-0.39, 0.29) is 12.6 Å². The first kappa shape index (κ1) is 12.2. The summed E-state index contributed by atoms with van der Waals surface area (Å²) in [5, 5.41) is 11.8. The largest absolute Gasteiger partial charge is 0.481 e. The van der Waals surface area contributed by atoms with Gasteiger partial charge in [0.2, 0.25) is 0 Å². The molecular formula is C12H20N2O3. The molecule has 0 aromatic rings. The molecule has 1 aliphatic heterocycles. The molecule has 1 saturated heterocycles. The molecule has 0 aromatic carbocycles. The average Bonchev–Trinajstić information content (AvgIpc) is 2.96. The number of hydrogen-bond donors (Lipinski definition) is 2. The SMILES string of the molecule is CCC1CCN(C(=O)NCC2(C(=O)O)CC2)C1. The molecule has 5 heteroatoms. The molecule has 1 aliphatic carbocycles. The van der Waals surface area contributed by atoms with Gasteiger partial charge >= 0.3 is 12.0 Å². The Balaban J connectivity index is 1.77. The molecular weight excluding hydrogens is 220 g/mol. The van der Waals surface area contributed by atoms with Crippen molar-refractivity contribution in [1.29, 1.82) is 0 Å². The van der Waals surface area contributed by atoms with Crippen molar-refractivity contribution in [2.75, 3.05) is 19.6 Å². The summed E-state index contributed by atoms with van der Waals surface area (Å²) in [6.45, 7) is 4.01. The Morgan fingerprint density at radius 2 is 2.18 bits per heavy atom. The Hall–Kier alpha value is -1.26. The van der Waals surface area contributed by atoms with E-state index in [4.69, 9.17) is 5.11 Å². The van der Waals surface area contributed by atoms with Gasteiger partial charge in [-0.05, 0) is 25.2 Å². The highest BCUT2D eigenvalue weighted by atomic mass is 16.4. The molecule has 2 aliphatic rings. The number of likely N-dealkylation sites (tertiary alicyclic amines) is 1. The molecule has 0 spiro atoms. The summed E-state index contributed by atoms with van der Waals surface area (Å²) >= 11 is 0. The fraction of sp³-hybridized carbons (Fsp3) is 0.833. The number of carbonyl (C=O) groups excluding carboxylic acids is 1. The minimum Gasteiger partial charge on any atom is -0.481 e. The first-order chi connectivity index (χ1) is 8.07. The molecule has 0 bridgehead atoms. The molecule has 2 amide bonds. The highest BCUT2D eigenvalue weighted by Crippen LogP contribution is 2.45. The maximum atomic E-state index is 11.8. The van der Waals surface area contributed by atoms with Crippen LogP contribution < -0.4 is 5.32 Å². The van der Waals surface area contributed by atoms with E-state index >= 15 is 0 Å². The van der Waals surface area contributed by atoms with Gasteiger partial charge in [-0.3, -0.25) is 4.79 Å². The summed E-state index contributed by atoms with van der Waals surface area (Å²) in [4.78, 5) is 24.6. The van der Waals surface area contributed by atoms with E-state index in [0.717, 1.165) is 25.9 Å². The van der Waals surface area contributed by atoms with Crippen molar-refractivity contribution in [2.24, 2.45) is 11.3 Å². The lowest BCUT2D eigenvalue weighted by molar-refractivity contribution is -0.143. The molecule has 1 unspecified atom stereocenters. The van der Waals surface area contributed by atoms with E-state index in [1.165, 1.54) is 0 Å². The minimum atomic E-state index is -0.786. The van der Waals surface area contributed by atoms with Crippen LogP contribution in [-0.4, -0.2) is 41.6 Å². The molecule has 2 N–H and O–H groups in total. The van der Waals surface area contributed by atoms with Crippen LogP contribution in [0.1, 0.15) is 32.6 Å². The number of nitrogens with one attached hydrogen (secondary N) is 1. The van der Waals surface area contributed by atoms with Crippen molar-refractivity contribution in [3.63, 3.8) is 0 Å². The van der Waals surface area contributed by atoms with E-state index < -0.39 is 11.4 Å². The van der Waals surface area contributed by atoms with Crippen LogP contribution >= 0.6 is 0 Å². The number of urea groups is 1. The summed E-state index contributed by atoms with van der Waals surface area (Å²) < 4.78 is 0. The quantitative estimate of drug-likeness (QED) is 0.778. The summed E-state index contributed by atoms with van der Waals surface area (Å²) in [6, 6.07) is -0.103. The number of rotatable bonds is 4. The molecule has 1 atom stereocenters. The fourth-order valence-corrected chi connectivity index (χ4v) is 2.32. The maximum absolute atomic E-state index is 11.8. The zero-order valence-corrected chi connectivity index (χ0v) is 10.2. The van der Waals surface area contributed by atoms with Crippen LogP contribution in [0.4, 0.5) is 4.79 Å². The van der Waals surface area contributed by atoms with Gasteiger partial charge in [0.15, 0.2) is 0 Å². The van der Waals surface area contributed by atoms with Gasteiger partial charge in [-0.1, -0.05) is 13.3 Å². The number of carbonyl (C=O) groups is 2. The van der Waals surface area contributed by atoms with E-state index in [1.54, 1.807) is 4.90 Å². The molecule has 1 heterocycles. The summed E-state index contributed by atoms with van der Waals surface area (Å²) in [5.41, 5.74) is -0.667. The van der Waals surface area contributed by atoms with Gasteiger partial charge < -0.3 is 15.3 Å². The van der Waals surface area contributed by atoms with Crippen molar-refractivity contribution in [2.45, 2.75) is 32.6 Å². The Labute approximate surface area is 101 Å². The van der Waals surface area contributed by atoms with Crippen molar-refractivity contribution >= 4 is 12.0 Å². The lowest BCUT2D eigenvalue weighted by Gasteiger charge is -2.19. The van der Waals surface area contributed by atoms with E-state index in [1.807, 2.05) is 0 Å². The Kier molecular flexibility index (Phi) is 3.26. The first-order valence-corrected chi connectivity index (χ1v) is 6.33. The predicted molar refractivity (Wildman–Crippen MR) is 62.7 cm³/mol. The Morgan fingerprint density at radius 1 is 1.47 bits per heavy atom. The molecule has 2 fully saturated rings. The molecule has 1 saturated carbocycles. The van der Waals surface area contributed by atoms with Crippen LogP contribution in [0.2, 0.25) is 0 Å². The molecule has 0 radical (unpaired) electrons. The topological polar surface area (TPSA) is 69.6 Å². The lowest BCUT2D eigenvalue weighted by atomic mass is 10.1. The van der Waals surface area contributed by atoms with Crippen LogP contribution in [0.25, 0.3) is 0 Å². The van der Waals surface area contributed by atoms with Gasteiger partial charge in [-0.2, -0.15) is 0 Å². The van der Waals surface area contributed by atoms with Crippen molar-refractivity contribution in [1.82, 2.24) is 10.2 Å². The second-order valence-electron chi connectivity index (χ2n) is 5.25. The van der Waals surface area contributed by atoms with E-state index in [9.17, 15) is 9.59 Å². The van der Waals surface area contributed by atoms with Gasteiger partial charge in [0.25, 0.3) is 0 Å². The third-order valence-electron chi connectivity index (χ3n) is 4.04. The second-order valence-corrected chi connectivity index (χ2v) is 5.25. The van der Waals surface area contributed by atoms with Gasteiger partial charge in [0, 0.05) is 19.6 Å². The normalized spacial score (nSPS) is 25.7. The first-order valence-electron chi connectivity index (χ1n) is 6.33. The fourth-order valence-electron chi connectivity index (χ4n) is 2.32. The van der Waals surface area contributed by atoms with Crippen molar-refractivity contribution in [3.05, 3.63) is 0 Å². The van der Waals surface area contributed by atoms with E-state index in [2.05, 4.69) is 12.2 Å². The van der Waals surface area contributed by atoms with Crippen LogP contribution in [0.15, 0.2) is 0 Å². The third kappa shape index (κ3) is 2.53. The standard InChI is InChI=1S/C12H20N2O3/c1-2-9-3-6-14(7-9)11(17)13-8-12(4-5-12)10(15)16/h9H,2-8H2,1H3,(H,13,17)(H,15,16). The molecule has 17 heavy (non-hydrogen) atoms. The van der Waals surface area contributed by atoms with Crippen LogP contribution in [0.5, 0.6) is 0 Å². The van der Waals surface area contributed by atoms with Crippen LogP contribution in [-0.2, 0) is 4.79 Å². The highest BCUT2D eigenvalue weighted by molar-refractivity contribution is 5.80. The number of nitrogens with zero attached hydrogens (tertiary/aromatic N) is 1. The summed E-state index contributed by atoms with van der Waals surface area (Å²) in [6.07, 6.45) is 3.53. The smallest absolute Gasteiger partial charge is 0.317 e. The van der Waals surface area contributed by atoms with Crippen molar-refractivity contribution < 1.29 is 14.7 Å². The summed E-state index contributed by atoms with van der Waals surface area (Å²) in [7, 11) is 0. The molecule has 2 rings (SSSR count). The highest BCUT2D eigenvalue weighted by Gasteiger charge is 2.50. The number of carboxylic acids is 1. The number of hydrogen-bond acceptors (Lipinski definition) is 2. The molecule has 96 valence electrons. The maximum Gasteiger partial charge on any atom is 0.317 e. The number of carboxylic acid groups (broad SMARTS) is 1.